The summed E-state index contributed by atoms with van der Waals surface area (Å²) in [6, 6.07) is 7.91. The third kappa shape index (κ3) is 5.67. The average Bonchev–Trinajstić information content (AvgIpc) is 2.82. The third-order valence-corrected chi connectivity index (χ3v) is 6.79. The second-order valence-electron chi connectivity index (χ2n) is 9.42. The van der Waals surface area contributed by atoms with Crippen LogP contribution in [0.4, 0.5) is 21.5 Å². The van der Waals surface area contributed by atoms with Crippen LogP contribution in [0.5, 0.6) is 5.75 Å². The van der Waals surface area contributed by atoms with Crippen molar-refractivity contribution in [2.45, 2.75) is 45.9 Å². The molecule has 3 rings (SSSR count). The molecule has 10 heteroatoms. The highest BCUT2D eigenvalue weighted by atomic mass is 32.2. The molecule has 184 valence electrons. The quantitative estimate of drug-likeness (QED) is 0.598. The second kappa shape index (κ2) is 9.61. The molecule has 0 radical (unpaired) electrons. The zero-order valence-corrected chi connectivity index (χ0v) is 20.8. The summed E-state index contributed by atoms with van der Waals surface area (Å²) in [4.78, 5) is 25.7. The molecular formula is C24H30FN3O5S. The molecule has 0 aromatic heterocycles. The average molecular weight is 492 g/mol. The first-order valence-electron chi connectivity index (χ1n) is 11.0. The summed E-state index contributed by atoms with van der Waals surface area (Å²) in [5, 5.41) is 2.30. The number of ether oxygens (including phenoxy) is 1. The number of fused-ring (bicyclic) bond motifs is 1. The fourth-order valence-corrected chi connectivity index (χ4v) is 4.55. The van der Waals surface area contributed by atoms with Crippen molar-refractivity contribution in [1.29, 1.82) is 0 Å². The number of carbonyl (C=O) groups excluding carboxylic acids is 2. The van der Waals surface area contributed by atoms with Crippen LogP contribution >= 0.6 is 0 Å². The van der Waals surface area contributed by atoms with Crippen LogP contribution in [0.3, 0.4) is 0 Å². The number of nitrogens with one attached hydrogen (secondary N) is 2. The Hall–Kier alpha value is -3.14. The number of rotatable bonds is 7. The molecule has 2 amide bonds. The van der Waals surface area contributed by atoms with Crippen LogP contribution in [0.25, 0.3) is 0 Å². The van der Waals surface area contributed by atoms with Gasteiger partial charge in [0.2, 0.25) is 11.8 Å². The van der Waals surface area contributed by atoms with Crippen molar-refractivity contribution >= 4 is 38.9 Å². The molecular weight excluding hydrogens is 461 g/mol. The molecule has 8 nitrogen and oxygen atoms in total. The Morgan fingerprint density at radius 1 is 1.21 bits per heavy atom. The maximum absolute atomic E-state index is 14.3. The van der Waals surface area contributed by atoms with Crippen molar-refractivity contribution < 1.29 is 27.1 Å². The summed E-state index contributed by atoms with van der Waals surface area (Å²) in [6.45, 7) is 9.63. The predicted molar refractivity (Wildman–Crippen MR) is 129 cm³/mol. The van der Waals surface area contributed by atoms with Gasteiger partial charge in [-0.1, -0.05) is 13.8 Å². The van der Waals surface area contributed by atoms with Crippen molar-refractivity contribution in [2.75, 3.05) is 28.1 Å². The van der Waals surface area contributed by atoms with Crippen LogP contribution in [0.2, 0.25) is 0 Å². The lowest BCUT2D eigenvalue weighted by Crippen LogP contribution is -2.42. The lowest BCUT2D eigenvalue weighted by molar-refractivity contribution is -0.127. The zero-order chi connectivity index (χ0) is 25.3. The largest absolute Gasteiger partial charge is 0.490 e. The normalized spacial score (nSPS) is 15.4. The highest BCUT2D eigenvalue weighted by Gasteiger charge is 2.38. The third-order valence-electron chi connectivity index (χ3n) is 5.41. The molecule has 2 aromatic carbocycles. The van der Waals surface area contributed by atoms with Crippen LogP contribution in [0.1, 0.15) is 41.0 Å². The number of nitrogens with zero attached hydrogens (tertiary/aromatic N) is 1. The molecule has 0 unspecified atom stereocenters. The number of hydrogen-bond acceptors (Lipinski definition) is 5. The molecule has 0 bridgehead atoms. The second-order valence-corrected chi connectivity index (χ2v) is 11.1. The standard InChI is InChI=1S/C24H30FN3O5S/c1-15(2)10-11-28-21-12-17(6-9-22(21)33-14-24(4,5)23(28)30)27-34(31,32)18-7-8-20(19(25)13-18)26-16(3)29/h6-9,12-13,15,27H,10-11,14H2,1-5H3,(H,26,29). The SMILES string of the molecule is CC(=O)Nc1ccc(S(=O)(=O)Nc2ccc3c(c2)N(CCC(C)C)C(=O)C(C)(C)CO3)cc1F. The maximum Gasteiger partial charge on any atom is 0.261 e. The minimum atomic E-state index is -4.14. The highest BCUT2D eigenvalue weighted by Crippen LogP contribution is 2.39. The van der Waals surface area contributed by atoms with E-state index in [1.165, 1.54) is 25.1 Å². The molecule has 2 aromatic rings. The van der Waals surface area contributed by atoms with Gasteiger partial charge >= 0.3 is 0 Å². The van der Waals surface area contributed by atoms with E-state index in [0.29, 0.717) is 23.9 Å². The summed E-state index contributed by atoms with van der Waals surface area (Å²) in [7, 11) is -4.14. The maximum atomic E-state index is 14.3. The van der Waals surface area contributed by atoms with E-state index >= 15 is 0 Å². The van der Waals surface area contributed by atoms with Gasteiger partial charge in [-0.2, -0.15) is 0 Å². The number of amides is 2. The van der Waals surface area contributed by atoms with Gasteiger partial charge in [0.15, 0.2) is 0 Å². The van der Waals surface area contributed by atoms with E-state index in [0.717, 1.165) is 12.5 Å². The Morgan fingerprint density at radius 2 is 1.91 bits per heavy atom. The minimum Gasteiger partial charge on any atom is -0.490 e. The van der Waals surface area contributed by atoms with Gasteiger partial charge in [0.1, 0.15) is 18.2 Å². The van der Waals surface area contributed by atoms with E-state index in [1.54, 1.807) is 17.0 Å². The van der Waals surface area contributed by atoms with Crippen molar-refractivity contribution in [3.05, 3.63) is 42.2 Å². The van der Waals surface area contributed by atoms with Gasteiger partial charge in [-0.05, 0) is 62.6 Å². The van der Waals surface area contributed by atoms with Gasteiger partial charge < -0.3 is 15.0 Å². The molecule has 0 aliphatic carbocycles. The highest BCUT2D eigenvalue weighted by molar-refractivity contribution is 7.92. The fraction of sp³-hybridized carbons (Fsp3) is 0.417. The topological polar surface area (TPSA) is 105 Å². The summed E-state index contributed by atoms with van der Waals surface area (Å²) in [5.74, 6) is -0.611. The van der Waals surface area contributed by atoms with Gasteiger partial charge in [0.25, 0.3) is 10.0 Å². The lowest BCUT2D eigenvalue weighted by Gasteiger charge is -2.28. The van der Waals surface area contributed by atoms with Crippen LogP contribution in [0.15, 0.2) is 41.3 Å². The van der Waals surface area contributed by atoms with Gasteiger partial charge in [-0.25, -0.2) is 12.8 Å². The number of benzene rings is 2. The molecule has 0 spiro atoms. The number of carbonyl (C=O) groups is 2. The number of anilines is 3. The van der Waals surface area contributed by atoms with Crippen LogP contribution in [-0.2, 0) is 19.6 Å². The molecule has 34 heavy (non-hydrogen) atoms. The number of halogens is 1. The fourth-order valence-electron chi connectivity index (χ4n) is 3.49. The van der Waals surface area contributed by atoms with E-state index in [2.05, 4.69) is 23.9 Å². The molecule has 0 saturated heterocycles. The van der Waals surface area contributed by atoms with Gasteiger partial charge in [0, 0.05) is 13.5 Å². The number of hydrogen-bond donors (Lipinski definition) is 2. The Bertz CT molecular complexity index is 1210. The summed E-state index contributed by atoms with van der Waals surface area (Å²) in [6.07, 6.45) is 0.761. The van der Waals surface area contributed by atoms with Gasteiger partial charge in [-0.15, -0.1) is 0 Å². The molecule has 0 fully saturated rings. The Kier molecular flexibility index (Phi) is 7.21. The zero-order valence-electron chi connectivity index (χ0n) is 19.9. The predicted octanol–water partition coefficient (Wildman–Crippen LogP) is 4.38. The van der Waals surface area contributed by atoms with Crippen molar-refractivity contribution in [3.63, 3.8) is 0 Å². The Balaban J connectivity index is 1.94. The number of sulfonamides is 1. The van der Waals surface area contributed by atoms with Gasteiger partial charge in [-0.3, -0.25) is 14.3 Å². The first-order valence-corrected chi connectivity index (χ1v) is 12.5. The Labute approximate surface area is 199 Å². The molecule has 0 atom stereocenters. The van der Waals surface area contributed by atoms with E-state index in [4.69, 9.17) is 4.74 Å². The van der Waals surface area contributed by atoms with E-state index in [-0.39, 0.29) is 28.8 Å². The summed E-state index contributed by atoms with van der Waals surface area (Å²) in [5.41, 5.74) is -0.182. The van der Waals surface area contributed by atoms with E-state index in [1.807, 2.05) is 13.8 Å². The summed E-state index contributed by atoms with van der Waals surface area (Å²) >= 11 is 0. The van der Waals surface area contributed by atoms with Crippen LogP contribution < -0.4 is 19.7 Å². The van der Waals surface area contributed by atoms with E-state index < -0.39 is 27.2 Å². The smallest absolute Gasteiger partial charge is 0.261 e. The van der Waals surface area contributed by atoms with Crippen molar-refractivity contribution in [2.24, 2.45) is 11.3 Å². The van der Waals surface area contributed by atoms with Gasteiger partial charge in [0.05, 0.1) is 27.4 Å². The monoisotopic (exact) mass is 491 g/mol. The first-order chi connectivity index (χ1) is 15.8. The van der Waals surface area contributed by atoms with Crippen LogP contribution in [0, 0.1) is 17.2 Å². The van der Waals surface area contributed by atoms with E-state index in [9.17, 15) is 22.4 Å². The minimum absolute atomic E-state index is 0.109. The first kappa shape index (κ1) is 25.5. The molecule has 2 N–H and O–H groups in total. The molecule has 1 aliphatic heterocycles. The van der Waals surface area contributed by atoms with Crippen LogP contribution in [-0.4, -0.2) is 33.4 Å². The van der Waals surface area contributed by atoms with Crippen molar-refractivity contribution in [3.8, 4) is 5.75 Å². The summed E-state index contributed by atoms with van der Waals surface area (Å²) < 4.78 is 48.4. The molecule has 0 saturated carbocycles. The van der Waals surface area contributed by atoms with Crippen molar-refractivity contribution in [1.82, 2.24) is 0 Å². The molecule has 1 heterocycles. The molecule has 1 aliphatic rings. The Morgan fingerprint density at radius 3 is 2.53 bits per heavy atom. The lowest BCUT2D eigenvalue weighted by atomic mass is 9.92.